The quantitative estimate of drug-likeness (QED) is 0.612. The normalized spacial score (nSPS) is 23.0. The van der Waals surface area contributed by atoms with Crippen molar-refractivity contribution in [1.29, 1.82) is 0 Å². The number of hydrogen-bond donors (Lipinski definition) is 2. The van der Waals surface area contributed by atoms with Crippen LogP contribution in [0.5, 0.6) is 0 Å². The SMILES string of the molecule is CS(=O)(=O)CCSCC(NC1CC1)(C(=O)O)C1CC1. The molecule has 0 aliphatic heterocycles. The number of rotatable bonds is 9. The Morgan fingerprint density at radius 1 is 1.37 bits per heavy atom. The van der Waals surface area contributed by atoms with E-state index in [2.05, 4.69) is 5.32 Å². The number of nitrogens with one attached hydrogen (secondary N) is 1. The van der Waals surface area contributed by atoms with E-state index in [-0.39, 0.29) is 11.7 Å². The first-order chi connectivity index (χ1) is 8.83. The minimum atomic E-state index is -2.97. The van der Waals surface area contributed by atoms with E-state index in [9.17, 15) is 18.3 Å². The third-order valence-corrected chi connectivity index (χ3v) is 5.98. The topological polar surface area (TPSA) is 83.5 Å². The van der Waals surface area contributed by atoms with Crippen molar-refractivity contribution in [2.45, 2.75) is 37.3 Å². The van der Waals surface area contributed by atoms with Crippen LogP contribution in [-0.2, 0) is 14.6 Å². The van der Waals surface area contributed by atoms with Crippen LogP contribution in [0.25, 0.3) is 0 Å². The van der Waals surface area contributed by atoms with Gasteiger partial charge in [0.25, 0.3) is 0 Å². The molecule has 0 aromatic carbocycles. The zero-order valence-corrected chi connectivity index (χ0v) is 12.7. The van der Waals surface area contributed by atoms with Gasteiger partial charge in [-0.2, -0.15) is 11.8 Å². The van der Waals surface area contributed by atoms with E-state index in [1.807, 2.05) is 0 Å². The molecule has 2 saturated carbocycles. The molecule has 0 amide bonds. The van der Waals surface area contributed by atoms with Crippen molar-refractivity contribution >= 4 is 27.6 Å². The predicted molar refractivity (Wildman–Crippen MR) is 76.3 cm³/mol. The summed E-state index contributed by atoms with van der Waals surface area (Å²) in [6.07, 6.45) is 5.23. The van der Waals surface area contributed by atoms with Gasteiger partial charge in [-0.3, -0.25) is 10.1 Å². The molecule has 0 heterocycles. The highest BCUT2D eigenvalue weighted by atomic mass is 32.2. The molecule has 2 fully saturated rings. The molecule has 1 atom stereocenters. The summed E-state index contributed by atoms with van der Waals surface area (Å²) >= 11 is 1.43. The van der Waals surface area contributed by atoms with E-state index >= 15 is 0 Å². The molecule has 7 heteroatoms. The lowest BCUT2D eigenvalue weighted by atomic mass is 9.95. The zero-order valence-electron chi connectivity index (χ0n) is 11.1. The highest BCUT2D eigenvalue weighted by molar-refractivity contribution is 8.00. The molecule has 2 aliphatic rings. The number of carboxylic acid groups (broad SMARTS) is 1. The van der Waals surface area contributed by atoms with Crippen molar-refractivity contribution in [3.63, 3.8) is 0 Å². The molecule has 19 heavy (non-hydrogen) atoms. The maximum atomic E-state index is 11.7. The minimum absolute atomic E-state index is 0.113. The number of carbonyl (C=O) groups is 1. The monoisotopic (exact) mass is 307 g/mol. The molecular weight excluding hydrogens is 286 g/mol. The van der Waals surface area contributed by atoms with Gasteiger partial charge in [-0.1, -0.05) is 0 Å². The van der Waals surface area contributed by atoms with Crippen molar-refractivity contribution in [2.75, 3.05) is 23.5 Å². The van der Waals surface area contributed by atoms with E-state index in [1.54, 1.807) is 0 Å². The van der Waals surface area contributed by atoms with Gasteiger partial charge in [0.05, 0.1) is 5.75 Å². The van der Waals surface area contributed by atoms with Crippen molar-refractivity contribution in [2.24, 2.45) is 5.92 Å². The number of sulfone groups is 1. The first kappa shape index (κ1) is 15.1. The zero-order chi connectivity index (χ0) is 14.1. The maximum absolute atomic E-state index is 11.7. The molecule has 1 unspecified atom stereocenters. The summed E-state index contributed by atoms with van der Waals surface area (Å²) in [7, 11) is -2.97. The molecule has 2 aliphatic carbocycles. The number of hydrogen-bond acceptors (Lipinski definition) is 5. The smallest absolute Gasteiger partial charge is 0.325 e. The molecule has 0 radical (unpaired) electrons. The van der Waals surface area contributed by atoms with Crippen molar-refractivity contribution in [3.05, 3.63) is 0 Å². The van der Waals surface area contributed by atoms with E-state index in [1.165, 1.54) is 18.0 Å². The van der Waals surface area contributed by atoms with Gasteiger partial charge in [-0.25, -0.2) is 8.42 Å². The Morgan fingerprint density at radius 2 is 2.00 bits per heavy atom. The minimum Gasteiger partial charge on any atom is -0.480 e. The Balaban J connectivity index is 1.91. The van der Waals surface area contributed by atoms with Crippen LogP contribution in [0, 0.1) is 5.92 Å². The van der Waals surface area contributed by atoms with Gasteiger partial charge in [0.1, 0.15) is 15.4 Å². The molecular formula is C12H21NO4S2. The van der Waals surface area contributed by atoms with Crippen LogP contribution in [0.3, 0.4) is 0 Å². The summed E-state index contributed by atoms with van der Waals surface area (Å²) < 4.78 is 22.2. The van der Waals surface area contributed by atoms with Gasteiger partial charge in [-0.15, -0.1) is 0 Å². The van der Waals surface area contributed by atoms with Crippen LogP contribution in [0.4, 0.5) is 0 Å². The molecule has 2 rings (SSSR count). The van der Waals surface area contributed by atoms with Crippen LogP contribution in [0.2, 0.25) is 0 Å². The fourth-order valence-electron chi connectivity index (χ4n) is 2.19. The number of thioether (sulfide) groups is 1. The third-order valence-electron chi connectivity index (χ3n) is 3.62. The van der Waals surface area contributed by atoms with Crippen molar-refractivity contribution in [1.82, 2.24) is 5.32 Å². The number of aliphatic carboxylic acids is 1. The molecule has 0 spiro atoms. The largest absolute Gasteiger partial charge is 0.480 e. The van der Waals surface area contributed by atoms with Crippen LogP contribution >= 0.6 is 11.8 Å². The Hall–Kier alpha value is -0.270. The fraction of sp³-hybridized carbons (Fsp3) is 0.917. The molecule has 2 N–H and O–H groups in total. The van der Waals surface area contributed by atoms with Gasteiger partial charge in [-0.05, 0) is 31.6 Å². The second-order valence-electron chi connectivity index (χ2n) is 5.65. The van der Waals surface area contributed by atoms with Gasteiger partial charge in [0, 0.05) is 23.8 Å². The summed E-state index contributed by atoms with van der Waals surface area (Å²) in [5.41, 5.74) is -0.844. The van der Waals surface area contributed by atoms with E-state index in [4.69, 9.17) is 0 Å². The van der Waals surface area contributed by atoms with Gasteiger partial charge in [0.15, 0.2) is 0 Å². The molecule has 0 aromatic rings. The highest BCUT2D eigenvalue weighted by Gasteiger charge is 2.52. The lowest BCUT2D eigenvalue weighted by Gasteiger charge is -2.30. The Kier molecular flexibility index (Phi) is 4.47. The molecule has 5 nitrogen and oxygen atoms in total. The van der Waals surface area contributed by atoms with Crippen LogP contribution in [0.1, 0.15) is 25.7 Å². The van der Waals surface area contributed by atoms with Crippen molar-refractivity contribution < 1.29 is 18.3 Å². The Labute approximate surface area is 118 Å². The average Bonchev–Trinajstić information content (AvgIpc) is 3.12. The van der Waals surface area contributed by atoms with E-state index in [0.29, 0.717) is 17.5 Å². The van der Waals surface area contributed by atoms with E-state index in [0.717, 1.165) is 25.7 Å². The van der Waals surface area contributed by atoms with Gasteiger partial charge in [0.2, 0.25) is 0 Å². The summed E-state index contributed by atoms with van der Waals surface area (Å²) in [5, 5.41) is 12.9. The number of carboxylic acids is 1. The Morgan fingerprint density at radius 3 is 2.42 bits per heavy atom. The van der Waals surface area contributed by atoms with Gasteiger partial charge >= 0.3 is 5.97 Å². The summed E-state index contributed by atoms with van der Waals surface area (Å²) in [5.74, 6) is 0.457. The molecule has 0 bridgehead atoms. The molecule has 110 valence electrons. The standard InChI is InChI=1S/C12H21NO4S2/c1-19(16,17)7-6-18-8-12(11(14)15,9-2-3-9)13-10-4-5-10/h9-10,13H,2-8H2,1H3,(H,14,15). The highest BCUT2D eigenvalue weighted by Crippen LogP contribution is 2.43. The Bertz CT molecular complexity index is 443. The second-order valence-corrected chi connectivity index (χ2v) is 9.02. The first-order valence-corrected chi connectivity index (χ1v) is 9.81. The third kappa shape index (κ3) is 4.36. The summed E-state index contributed by atoms with van der Waals surface area (Å²) in [6.45, 7) is 0. The van der Waals surface area contributed by atoms with Gasteiger partial charge < -0.3 is 5.11 Å². The fourth-order valence-corrected chi connectivity index (χ4v) is 4.78. The van der Waals surface area contributed by atoms with Crippen molar-refractivity contribution in [3.8, 4) is 0 Å². The first-order valence-electron chi connectivity index (χ1n) is 6.60. The van der Waals surface area contributed by atoms with Crippen LogP contribution in [0.15, 0.2) is 0 Å². The average molecular weight is 307 g/mol. The summed E-state index contributed by atoms with van der Waals surface area (Å²) in [6, 6.07) is 0.340. The van der Waals surface area contributed by atoms with Crippen LogP contribution in [-0.4, -0.2) is 54.6 Å². The predicted octanol–water partition coefficient (Wildman–Crippen LogP) is 0.750. The molecule has 0 saturated heterocycles. The lowest BCUT2D eigenvalue weighted by Crippen LogP contribution is -2.57. The molecule has 0 aromatic heterocycles. The van der Waals surface area contributed by atoms with Crippen LogP contribution < -0.4 is 5.32 Å². The van der Waals surface area contributed by atoms with E-state index < -0.39 is 21.3 Å². The second kappa shape index (κ2) is 5.61. The summed E-state index contributed by atoms with van der Waals surface area (Å²) in [4.78, 5) is 11.7. The lowest BCUT2D eigenvalue weighted by molar-refractivity contribution is -0.145. The maximum Gasteiger partial charge on any atom is 0.325 e.